The zero-order valence-electron chi connectivity index (χ0n) is 21.0. The number of ether oxygens (including phenoxy) is 1. The second kappa shape index (κ2) is 18.6. The first-order valence-electron chi connectivity index (χ1n) is 12.1. The third-order valence-corrected chi connectivity index (χ3v) is 4.73. The van der Waals surface area contributed by atoms with Gasteiger partial charge in [0.1, 0.15) is 6.42 Å². The summed E-state index contributed by atoms with van der Waals surface area (Å²) in [6, 6.07) is 6.52. The van der Waals surface area contributed by atoms with Crippen molar-refractivity contribution in [3.05, 3.63) is 29.8 Å². The molecule has 0 saturated carbocycles. The molecule has 0 unspecified atom stereocenters. The predicted octanol–water partition coefficient (Wildman–Crippen LogP) is 0.0421. The second-order valence-electron chi connectivity index (χ2n) is 7.87. The summed E-state index contributed by atoms with van der Waals surface area (Å²) in [6.45, 7) is 4.39. The Bertz CT molecular complexity index is 846. The normalized spacial score (nSPS) is 10.2. The minimum Gasteiger partial charge on any atom is -0.380 e. The summed E-state index contributed by atoms with van der Waals surface area (Å²) in [5.74, 6) is -1.23. The molecule has 0 aliphatic rings. The van der Waals surface area contributed by atoms with E-state index in [1.165, 1.54) is 7.05 Å². The number of anilines is 1. The van der Waals surface area contributed by atoms with Crippen molar-refractivity contribution in [1.82, 2.24) is 26.6 Å². The quantitative estimate of drug-likeness (QED) is 0.129. The average molecular weight is 507 g/mol. The van der Waals surface area contributed by atoms with Crippen molar-refractivity contribution in [3.8, 4) is 0 Å². The monoisotopic (exact) mass is 506 g/mol. The van der Waals surface area contributed by atoms with Gasteiger partial charge in [0.2, 0.25) is 23.6 Å². The first-order valence-corrected chi connectivity index (χ1v) is 12.1. The molecule has 6 N–H and O–H groups in total. The molecule has 36 heavy (non-hydrogen) atoms. The van der Waals surface area contributed by atoms with E-state index in [-0.39, 0.29) is 50.2 Å². The molecule has 0 radical (unpaired) electrons. The lowest BCUT2D eigenvalue weighted by Gasteiger charge is -2.09. The van der Waals surface area contributed by atoms with E-state index in [2.05, 4.69) is 31.9 Å². The highest BCUT2D eigenvalue weighted by Crippen LogP contribution is 2.10. The van der Waals surface area contributed by atoms with Gasteiger partial charge in [-0.25, -0.2) is 4.79 Å². The van der Waals surface area contributed by atoms with Crippen molar-refractivity contribution in [2.75, 3.05) is 51.8 Å². The molecule has 1 aromatic carbocycles. The van der Waals surface area contributed by atoms with Gasteiger partial charge in [0.05, 0.1) is 13.0 Å². The summed E-state index contributed by atoms with van der Waals surface area (Å²) >= 11 is 0. The fourth-order valence-corrected chi connectivity index (χ4v) is 2.85. The Kier molecular flexibility index (Phi) is 15.7. The van der Waals surface area contributed by atoms with Crippen LogP contribution in [-0.4, -0.2) is 76.1 Å². The Morgan fingerprint density at radius 3 is 2.14 bits per heavy atom. The number of nitrogens with one attached hydrogen (secondary N) is 6. The van der Waals surface area contributed by atoms with Crippen LogP contribution in [0.2, 0.25) is 0 Å². The topological polar surface area (TPSA) is 167 Å². The summed E-state index contributed by atoms with van der Waals surface area (Å²) in [4.78, 5) is 58.4. The standard InChI is InChI=1S/C24H38N6O6/c1-3-10-28-24(35)29-11-4-14-36-15-13-27-22(33)17-23(34)30-19-7-5-18(6-8-19)16-21(32)26-12-9-20(31)25-2/h5-8H,3-4,9-17H2,1-2H3,(H,25,31)(H,26,32)(H,27,33)(H,30,34)(H2,28,29,35). The Hall–Kier alpha value is -3.67. The molecule has 0 spiro atoms. The highest BCUT2D eigenvalue weighted by atomic mass is 16.5. The molecule has 200 valence electrons. The molecule has 0 heterocycles. The molecule has 1 rings (SSSR count). The van der Waals surface area contributed by atoms with E-state index in [4.69, 9.17) is 4.74 Å². The molecular formula is C24H38N6O6. The molecule has 6 amide bonds. The SMILES string of the molecule is CCCNC(=O)NCCCOCCNC(=O)CC(=O)Nc1ccc(CC(=O)NCCC(=O)NC)cc1. The highest BCUT2D eigenvalue weighted by molar-refractivity contribution is 6.03. The molecule has 12 nitrogen and oxygen atoms in total. The molecule has 1 aromatic rings. The Labute approximate surface area is 211 Å². The first-order chi connectivity index (χ1) is 17.3. The van der Waals surface area contributed by atoms with Gasteiger partial charge in [-0.2, -0.15) is 0 Å². The molecule has 0 aliphatic carbocycles. The third-order valence-electron chi connectivity index (χ3n) is 4.73. The average Bonchev–Trinajstić information content (AvgIpc) is 2.85. The minimum absolute atomic E-state index is 0.147. The van der Waals surface area contributed by atoms with Crippen molar-refractivity contribution >= 4 is 35.3 Å². The summed E-state index contributed by atoms with van der Waals surface area (Å²) in [6.07, 6.45) is 1.56. The van der Waals surface area contributed by atoms with Crippen LogP contribution in [-0.2, 0) is 30.3 Å². The van der Waals surface area contributed by atoms with Gasteiger partial charge in [0, 0.05) is 51.9 Å². The van der Waals surface area contributed by atoms with E-state index in [9.17, 15) is 24.0 Å². The lowest BCUT2D eigenvalue weighted by Crippen LogP contribution is -2.36. The van der Waals surface area contributed by atoms with Crippen LogP contribution in [0.5, 0.6) is 0 Å². The smallest absolute Gasteiger partial charge is 0.314 e. The molecule has 12 heteroatoms. The maximum absolute atomic E-state index is 12.1. The van der Waals surface area contributed by atoms with E-state index < -0.39 is 11.8 Å². The molecular weight excluding hydrogens is 468 g/mol. The summed E-state index contributed by atoms with van der Waals surface area (Å²) in [5, 5.41) is 15.8. The van der Waals surface area contributed by atoms with E-state index >= 15 is 0 Å². The number of amides is 6. The second-order valence-corrected chi connectivity index (χ2v) is 7.87. The maximum atomic E-state index is 12.1. The molecule has 0 aromatic heterocycles. The van der Waals surface area contributed by atoms with E-state index in [1.807, 2.05) is 6.92 Å². The van der Waals surface area contributed by atoms with Crippen LogP contribution in [0.4, 0.5) is 10.5 Å². The third kappa shape index (κ3) is 15.3. The van der Waals surface area contributed by atoms with Crippen LogP contribution in [0.3, 0.4) is 0 Å². The Balaban J connectivity index is 2.14. The molecule has 0 fully saturated rings. The number of urea groups is 1. The van der Waals surface area contributed by atoms with Gasteiger partial charge < -0.3 is 36.6 Å². The minimum atomic E-state index is -0.458. The van der Waals surface area contributed by atoms with Crippen molar-refractivity contribution in [1.29, 1.82) is 0 Å². The van der Waals surface area contributed by atoms with E-state index in [0.717, 1.165) is 12.0 Å². The van der Waals surface area contributed by atoms with Crippen LogP contribution in [0.15, 0.2) is 24.3 Å². The number of benzene rings is 1. The molecule has 0 atom stereocenters. The fourth-order valence-electron chi connectivity index (χ4n) is 2.85. The van der Waals surface area contributed by atoms with Gasteiger partial charge in [-0.15, -0.1) is 0 Å². The largest absolute Gasteiger partial charge is 0.380 e. The fraction of sp³-hybridized carbons (Fsp3) is 0.542. The zero-order chi connectivity index (χ0) is 26.6. The van der Waals surface area contributed by atoms with Gasteiger partial charge in [0.15, 0.2) is 0 Å². The summed E-state index contributed by atoms with van der Waals surface area (Å²) in [5.41, 5.74) is 1.26. The number of hydrogen-bond acceptors (Lipinski definition) is 6. The van der Waals surface area contributed by atoms with Gasteiger partial charge in [0.25, 0.3) is 0 Å². The number of rotatable bonds is 17. The van der Waals surface area contributed by atoms with Crippen molar-refractivity contribution in [2.45, 2.75) is 39.0 Å². The first kappa shape index (κ1) is 30.4. The Morgan fingerprint density at radius 1 is 0.750 bits per heavy atom. The van der Waals surface area contributed by atoms with Crippen molar-refractivity contribution < 1.29 is 28.7 Å². The van der Waals surface area contributed by atoms with Crippen molar-refractivity contribution in [2.24, 2.45) is 0 Å². The lowest BCUT2D eigenvalue weighted by atomic mass is 10.1. The number of carbonyl (C=O) groups is 5. The van der Waals surface area contributed by atoms with Crippen molar-refractivity contribution in [3.63, 3.8) is 0 Å². The molecule has 0 bridgehead atoms. The van der Waals surface area contributed by atoms with Gasteiger partial charge >= 0.3 is 6.03 Å². The highest BCUT2D eigenvalue weighted by Gasteiger charge is 2.10. The molecule has 0 saturated heterocycles. The zero-order valence-corrected chi connectivity index (χ0v) is 21.0. The van der Waals surface area contributed by atoms with E-state index in [0.29, 0.717) is 38.4 Å². The van der Waals surface area contributed by atoms with Crippen LogP contribution in [0, 0.1) is 0 Å². The van der Waals surface area contributed by atoms with E-state index in [1.54, 1.807) is 24.3 Å². The predicted molar refractivity (Wildman–Crippen MR) is 135 cm³/mol. The summed E-state index contributed by atoms with van der Waals surface area (Å²) in [7, 11) is 1.54. The van der Waals surface area contributed by atoms with Crippen LogP contribution in [0.25, 0.3) is 0 Å². The number of carbonyl (C=O) groups excluding carboxylic acids is 5. The van der Waals surface area contributed by atoms with Crippen LogP contribution >= 0.6 is 0 Å². The number of hydrogen-bond donors (Lipinski definition) is 6. The maximum Gasteiger partial charge on any atom is 0.314 e. The summed E-state index contributed by atoms with van der Waals surface area (Å²) < 4.78 is 5.39. The lowest BCUT2D eigenvalue weighted by molar-refractivity contribution is -0.127. The van der Waals surface area contributed by atoms with Gasteiger partial charge in [-0.3, -0.25) is 19.2 Å². The molecule has 0 aliphatic heterocycles. The van der Waals surface area contributed by atoms with Gasteiger partial charge in [-0.1, -0.05) is 19.1 Å². The van der Waals surface area contributed by atoms with Gasteiger partial charge in [-0.05, 0) is 30.5 Å². The van der Waals surface area contributed by atoms with Crippen LogP contribution < -0.4 is 31.9 Å². The van der Waals surface area contributed by atoms with Crippen LogP contribution in [0.1, 0.15) is 38.2 Å². The Morgan fingerprint density at radius 2 is 1.44 bits per heavy atom.